The minimum atomic E-state index is -0.499. The molecule has 0 spiro atoms. The lowest BCUT2D eigenvalue weighted by Crippen LogP contribution is -2.34. The number of halogens is 3. The molecule has 2 aliphatic rings. The van der Waals surface area contributed by atoms with Crippen LogP contribution in [0.2, 0.25) is 10.0 Å². The molecule has 3 aromatic rings. The molecular weight excluding hydrogens is 444 g/mol. The second kappa shape index (κ2) is 8.57. The average Bonchev–Trinajstić information content (AvgIpc) is 3.30. The van der Waals surface area contributed by atoms with Gasteiger partial charge in [-0.05, 0) is 44.1 Å². The molecule has 2 aliphatic heterocycles. The molecular formula is C20H20Cl2FN7O. The van der Waals surface area contributed by atoms with E-state index in [2.05, 4.69) is 31.0 Å². The SMILES string of the molecule is Fc1ccc(Cl)c(CN2CCNc3nnc(-c4nc(C5CCNCC5)no4)cc32)c1Cl. The molecule has 2 aromatic heterocycles. The fraction of sp³-hybridized carbons (Fsp3) is 0.400. The van der Waals surface area contributed by atoms with Crippen molar-refractivity contribution >= 4 is 34.7 Å². The van der Waals surface area contributed by atoms with Gasteiger partial charge >= 0.3 is 0 Å². The number of rotatable bonds is 4. The minimum absolute atomic E-state index is 0.0262. The fourth-order valence-corrected chi connectivity index (χ4v) is 4.43. The molecule has 1 aromatic carbocycles. The third-order valence-electron chi connectivity index (χ3n) is 5.64. The number of nitrogens with one attached hydrogen (secondary N) is 2. The zero-order chi connectivity index (χ0) is 21.4. The van der Waals surface area contributed by atoms with Gasteiger partial charge in [-0.2, -0.15) is 4.98 Å². The lowest BCUT2D eigenvalue weighted by atomic mass is 9.98. The summed E-state index contributed by atoms with van der Waals surface area (Å²) < 4.78 is 19.5. The van der Waals surface area contributed by atoms with E-state index in [1.807, 2.05) is 11.0 Å². The van der Waals surface area contributed by atoms with E-state index >= 15 is 0 Å². The highest BCUT2D eigenvalue weighted by Gasteiger charge is 2.25. The summed E-state index contributed by atoms with van der Waals surface area (Å²) in [6.45, 7) is 3.54. The Labute approximate surface area is 188 Å². The maximum absolute atomic E-state index is 14.0. The van der Waals surface area contributed by atoms with Crippen molar-refractivity contribution in [3.63, 3.8) is 0 Å². The minimum Gasteiger partial charge on any atom is -0.365 e. The summed E-state index contributed by atoms with van der Waals surface area (Å²) in [7, 11) is 0. The van der Waals surface area contributed by atoms with Crippen LogP contribution in [0.5, 0.6) is 0 Å². The molecule has 162 valence electrons. The first-order valence-electron chi connectivity index (χ1n) is 10.1. The third-order valence-corrected chi connectivity index (χ3v) is 6.40. The highest BCUT2D eigenvalue weighted by molar-refractivity contribution is 6.36. The van der Waals surface area contributed by atoms with E-state index in [1.54, 1.807) is 0 Å². The summed E-state index contributed by atoms with van der Waals surface area (Å²) in [5.74, 6) is 1.43. The Morgan fingerprint density at radius 3 is 2.84 bits per heavy atom. The largest absolute Gasteiger partial charge is 0.365 e. The van der Waals surface area contributed by atoms with E-state index in [1.165, 1.54) is 12.1 Å². The van der Waals surface area contributed by atoms with Gasteiger partial charge in [0.2, 0.25) is 0 Å². The molecule has 0 aliphatic carbocycles. The number of anilines is 2. The van der Waals surface area contributed by atoms with Crippen LogP contribution < -0.4 is 15.5 Å². The molecule has 5 rings (SSSR count). The fourth-order valence-electron chi connectivity index (χ4n) is 3.94. The van der Waals surface area contributed by atoms with E-state index < -0.39 is 5.82 Å². The normalized spacial score (nSPS) is 16.8. The first-order valence-corrected chi connectivity index (χ1v) is 10.9. The number of fused-ring (bicyclic) bond motifs is 1. The molecule has 2 N–H and O–H groups in total. The molecule has 0 unspecified atom stereocenters. The van der Waals surface area contributed by atoms with Crippen molar-refractivity contribution in [1.29, 1.82) is 0 Å². The van der Waals surface area contributed by atoms with Crippen LogP contribution in [0.25, 0.3) is 11.6 Å². The summed E-state index contributed by atoms with van der Waals surface area (Å²) in [4.78, 5) is 6.59. The summed E-state index contributed by atoms with van der Waals surface area (Å²) in [5, 5.41) is 19.7. The van der Waals surface area contributed by atoms with Gasteiger partial charge in [-0.1, -0.05) is 28.4 Å². The number of piperidine rings is 1. The maximum Gasteiger partial charge on any atom is 0.278 e. The lowest BCUT2D eigenvalue weighted by molar-refractivity contribution is 0.391. The molecule has 11 heteroatoms. The van der Waals surface area contributed by atoms with Crippen molar-refractivity contribution in [1.82, 2.24) is 25.7 Å². The Hall–Kier alpha value is -2.49. The van der Waals surface area contributed by atoms with Gasteiger partial charge in [-0.15, -0.1) is 10.2 Å². The van der Waals surface area contributed by atoms with Gasteiger partial charge < -0.3 is 20.1 Å². The smallest absolute Gasteiger partial charge is 0.278 e. The third kappa shape index (κ3) is 4.05. The lowest BCUT2D eigenvalue weighted by Gasteiger charge is -2.31. The van der Waals surface area contributed by atoms with Crippen molar-refractivity contribution in [2.45, 2.75) is 25.3 Å². The molecule has 0 atom stereocenters. The number of benzene rings is 1. The van der Waals surface area contributed by atoms with Crippen LogP contribution in [-0.4, -0.2) is 46.5 Å². The van der Waals surface area contributed by atoms with Crippen molar-refractivity contribution in [2.75, 3.05) is 36.4 Å². The Kier molecular flexibility index (Phi) is 5.64. The van der Waals surface area contributed by atoms with Crippen LogP contribution in [0.15, 0.2) is 22.7 Å². The van der Waals surface area contributed by atoms with Crippen molar-refractivity contribution in [2.24, 2.45) is 0 Å². The summed E-state index contributed by atoms with van der Waals surface area (Å²) >= 11 is 12.5. The average molecular weight is 464 g/mol. The van der Waals surface area contributed by atoms with Crippen LogP contribution in [0.3, 0.4) is 0 Å². The summed E-state index contributed by atoms with van der Waals surface area (Å²) in [5.41, 5.74) is 1.80. The van der Waals surface area contributed by atoms with E-state index in [4.69, 9.17) is 27.7 Å². The first kappa shape index (κ1) is 20.4. The Bertz CT molecular complexity index is 1100. The summed E-state index contributed by atoms with van der Waals surface area (Å²) in [6, 6.07) is 4.62. The molecule has 4 heterocycles. The number of aromatic nitrogens is 4. The zero-order valence-electron chi connectivity index (χ0n) is 16.5. The van der Waals surface area contributed by atoms with E-state index in [-0.39, 0.29) is 10.9 Å². The Balaban J connectivity index is 1.44. The van der Waals surface area contributed by atoms with Gasteiger partial charge in [-0.3, -0.25) is 0 Å². The maximum atomic E-state index is 14.0. The highest BCUT2D eigenvalue weighted by Crippen LogP contribution is 2.35. The molecule has 0 bridgehead atoms. The van der Waals surface area contributed by atoms with E-state index in [0.29, 0.717) is 53.4 Å². The molecule has 0 saturated carbocycles. The molecule has 1 fully saturated rings. The predicted octanol–water partition coefficient (Wildman–Crippen LogP) is 3.87. The molecule has 1 saturated heterocycles. The Morgan fingerprint density at radius 1 is 1.16 bits per heavy atom. The highest BCUT2D eigenvalue weighted by atomic mass is 35.5. The van der Waals surface area contributed by atoms with Gasteiger partial charge in [0.05, 0.1) is 10.7 Å². The van der Waals surface area contributed by atoms with Crippen LogP contribution in [-0.2, 0) is 6.54 Å². The van der Waals surface area contributed by atoms with Gasteiger partial charge in [0.15, 0.2) is 17.3 Å². The first-order chi connectivity index (χ1) is 15.1. The van der Waals surface area contributed by atoms with Crippen molar-refractivity contribution < 1.29 is 8.91 Å². The van der Waals surface area contributed by atoms with Crippen LogP contribution in [0, 0.1) is 5.82 Å². The van der Waals surface area contributed by atoms with Gasteiger partial charge in [0, 0.05) is 36.1 Å². The predicted molar refractivity (Wildman–Crippen MR) is 116 cm³/mol. The molecule has 0 amide bonds. The number of nitrogens with zero attached hydrogens (tertiary/aromatic N) is 5. The van der Waals surface area contributed by atoms with Crippen LogP contribution in [0.4, 0.5) is 15.9 Å². The number of hydrogen-bond acceptors (Lipinski definition) is 8. The van der Waals surface area contributed by atoms with Gasteiger partial charge in [0.1, 0.15) is 5.82 Å². The van der Waals surface area contributed by atoms with Crippen molar-refractivity contribution in [3.05, 3.63) is 45.4 Å². The quantitative estimate of drug-likeness (QED) is 0.563. The van der Waals surface area contributed by atoms with Crippen LogP contribution in [0.1, 0.15) is 30.1 Å². The second-order valence-electron chi connectivity index (χ2n) is 7.62. The monoisotopic (exact) mass is 463 g/mol. The standard InChI is InChI=1S/C20H20Cl2FN7O/c21-13-1-2-14(23)17(22)12(13)10-30-8-7-25-19-16(30)9-15(27-28-19)20-26-18(29-31-20)11-3-5-24-6-4-11/h1-2,9,11,24H,3-8,10H2,(H,25,28). The van der Waals surface area contributed by atoms with Gasteiger partial charge in [0.25, 0.3) is 5.89 Å². The molecule has 31 heavy (non-hydrogen) atoms. The summed E-state index contributed by atoms with van der Waals surface area (Å²) in [6.07, 6.45) is 1.95. The molecule has 8 nitrogen and oxygen atoms in total. The Morgan fingerprint density at radius 2 is 2.00 bits per heavy atom. The molecule has 0 radical (unpaired) electrons. The topological polar surface area (TPSA) is 92.0 Å². The van der Waals surface area contributed by atoms with E-state index in [9.17, 15) is 4.39 Å². The van der Waals surface area contributed by atoms with E-state index in [0.717, 1.165) is 31.6 Å². The van der Waals surface area contributed by atoms with Crippen LogP contribution >= 0.6 is 23.2 Å². The zero-order valence-corrected chi connectivity index (χ0v) is 18.0. The number of hydrogen-bond donors (Lipinski definition) is 2. The second-order valence-corrected chi connectivity index (χ2v) is 8.40. The van der Waals surface area contributed by atoms with Crippen molar-refractivity contribution in [3.8, 4) is 11.6 Å². The van der Waals surface area contributed by atoms with Gasteiger partial charge in [-0.25, -0.2) is 4.39 Å².